The Bertz CT molecular complexity index is 148. The van der Waals surface area contributed by atoms with E-state index in [0.29, 0.717) is 5.92 Å². The van der Waals surface area contributed by atoms with Crippen LogP contribution in [0.25, 0.3) is 0 Å². The molecule has 0 spiro atoms. The van der Waals surface area contributed by atoms with Gasteiger partial charge in [-0.1, -0.05) is 13.8 Å². The molecular formula is C9H21N3O. The minimum atomic E-state index is -0.197. The third-order valence-corrected chi connectivity index (χ3v) is 2.01. The van der Waals surface area contributed by atoms with Crippen LogP contribution in [0.3, 0.4) is 0 Å². The fraction of sp³-hybridized carbons (Fsp3) is 0.889. The third-order valence-electron chi connectivity index (χ3n) is 2.01. The zero-order valence-corrected chi connectivity index (χ0v) is 8.51. The molecule has 0 amide bonds. The molecule has 0 saturated heterocycles. The number of aliphatic hydroxyl groups is 1. The van der Waals surface area contributed by atoms with Gasteiger partial charge in [-0.2, -0.15) is 0 Å². The number of aliphatic hydroxyl groups excluding tert-OH is 1. The number of rotatable bonds is 6. The lowest BCUT2D eigenvalue weighted by Crippen LogP contribution is -2.31. The van der Waals surface area contributed by atoms with Crippen LogP contribution >= 0.6 is 0 Å². The van der Waals surface area contributed by atoms with E-state index >= 15 is 0 Å². The average Bonchev–Trinajstić information content (AvgIpc) is 2.02. The highest BCUT2D eigenvalue weighted by Gasteiger charge is 2.07. The summed E-state index contributed by atoms with van der Waals surface area (Å²) in [4.78, 5) is 0. The summed E-state index contributed by atoms with van der Waals surface area (Å²) in [5, 5.41) is 19.1. The van der Waals surface area contributed by atoms with Crippen LogP contribution in [0, 0.1) is 11.3 Å². The van der Waals surface area contributed by atoms with Gasteiger partial charge in [0.2, 0.25) is 0 Å². The first-order chi connectivity index (χ1) is 6.04. The van der Waals surface area contributed by atoms with Gasteiger partial charge in [-0.15, -0.1) is 0 Å². The topological polar surface area (TPSA) is 82.1 Å². The highest BCUT2D eigenvalue weighted by Crippen LogP contribution is 2.08. The lowest BCUT2D eigenvalue weighted by Gasteiger charge is -2.13. The van der Waals surface area contributed by atoms with E-state index in [0.717, 1.165) is 25.8 Å². The highest BCUT2D eigenvalue weighted by atomic mass is 16.3. The molecule has 78 valence electrons. The molecule has 0 aromatic heterocycles. The molecule has 0 bridgehead atoms. The molecule has 0 aliphatic rings. The number of hydrogen-bond donors (Lipinski definition) is 4. The largest absolute Gasteiger partial charge is 0.393 e. The van der Waals surface area contributed by atoms with Gasteiger partial charge in [0.05, 0.1) is 6.10 Å². The SMILES string of the molecule is CC(C)C(O)CCCCNC(=N)N. The summed E-state index contributed by atoms with van der Waals surface area (Å²) in [6.07, 6.45) is 2.55. The molecule has 0 aliphatic heterocycles. The van der Waals surface area contributed by atoms with Crippen molar-refractivity contribution in [2.75, 3.05) is 6.54 Å². The van der Waals surface area contributed by atoms with Crippen LogP contribution in [0.15, 0.2) is 0 Å². The normalized spacial score (nSPS) is 12.9. The average molecular weight is 187 g/mol. The lowest BCUT2D eigenvalue weighted by molar-refractivity contribution is 0.113. The fourth-order valence-electron chi connectivity index (χ4n) is 1.03. The summed E-state index contributed by atoms with van der Waals surface area (Å²) in [6.45, 7) is 4.75. The number of nitrogens with two attached hydrogens (primary N) is 1. The quantitative estimate of drug-likeness (QED) is 0.280. The van der Waals surface area contributed by atoms with E-state index in [9.17, 15) is 5.11 Å². The summed E-state index contributed by atoms with van der Waals surface area (Å²) in [5.41, 5.74) is 5.11. The second kappa shape index (κ2) is 6.71. The molecule has 13 heavy (non-hydrogen) atoms. The number of hydrogen-bond acceptors (Lipinski definition) is 2. The minimum absolute atomic E-state index is 0.0180. The Morgan fingerprint density at radius 2 is 2.08 bits per heavy atom. The predicted octanol–water partition coefficient (Wildman–Crippen LogP) is 0.657. The van der Waals surface area contributed by atoms with Gasteiger partial charge in [-0.3, -0.25) is 5.41 Å². The Kier molecular flexibility index (Phi) is 6.32. The molecule has 4 nitrogen and oxygen atoms in total. The smallest absolute Gasteiger partial charge is 0.185 e. The number of guanidine groups is 1. The summed E-state index contributed by atoms with van der Waals surface area (Å²) >= 11 is 0. The molecule has 0 aliphatic carbocycles. The van der Waals surface area contributed by atoms with Crippen molar-refractivity contribution in [2.45, 2.75) is 39.2 Å². The first-order valence-corrected chi connectivity index (χ1v) is 4.80. The van der Waals surface area contributed by atoms with Crippen molar-refractivity contribution < 1.29 is 5.11 Å². The van der Waals surface area contributed by atoms with Gasteiger partial charge >= 0.3 is 0 Å². The molecule has 0 rings (SSSR count). The monoisotopic (exact) mass is 187 g/mol. The molecule has 0 fully saturated rings. The molecule has 0 aromatic carbocycles. The van der Waals surface area contributed by atoms with Crippen molar-refractivity contribution in [3.8, 4) is 0 Å². The summed E-state index contributed by atoms with van der Waals surface area (Å²) in [6, 6.07) is 0. The van der Waals surface area contributed by atoms with Crippen molar-refractivity contribution in [1.29, 1.82) is 5.41 Å². The van der Waals surface area contributed by atoms with Crippen molar-refractivity contribution >= 4 is 5.96 Å². The summed E-state index contributed by atoms with van der Waals surface area (Å²) < 4.78 is 0. The van der Waals surface area contributed by atoms with E-state index in [1.54, 1.807) is 0 Å². The summed E-state index contributed by atoms with van der Waals surface area (Å²) in [7, 11) is 0. The summed E-state index contributed by atoms with van der Waals surface area (Å²) in [5.74, 6) is 0.352. The van der Waals surface area contributed by atoms with E-state index in [-0.39, 0.29) is 12.1 Å². The zero-order valence-electron chi connectivity index (χ0n) is 8.51. The van der Waals surface area contributed by atoms with Gasteiger partial charge in [-0.25, -0.2) is 0 Å². The van der Waals surface area contributed by atoms with Crippen molar-refractivity contribution in [3.05, 3.63) is 0 Å². The standard InChI is InChI=1S/C9H21N3O/c1-7(2)8(13)5-3-4-6-12-9(10)11/h7-8,13H,3-6H2,1-2H3,(H4,10,11,12). The van der Waals surface area contributed by atoms with Crippen molar-refractivity contribution in [3.63, 3.8) is 0 Å². The van der Waals surface area contributed by atoms with Crippen LogP contribution < -0.4 is 11.1 Å². The van der Waals surface area contributed by atoms with Crippen LogP contribution in [-0.4, -0.2) is 23.7 Å². The van der Waals surface area contributed by atoms with Gasteiger partial charge in [0.25, 0.3) is 0 Å². The van der Waals surface area contributed by atoms with Crippen LogP contribution in [0.5, 0.6) is 0 Å². The van der Waals surface area contributed by atoms with E-state index in [1.807, 2.05) is 13.8 Å². The predicted molar refractivity (Wildman–Crippen MR) is 54.6 cm³/mol. The van der Waals surface area contributed by atoms with Crippen LogP contribution in [-0.2, 0) is 0 Å². The highest BCUT2D eigenvalue weighted by molar-refractivity contribution is 5.74. The number of unbranched alkanes of at least 4 members (excludes halogenated alkanes) is 1. The Labute approximate surface area is 80.0 Å². The molecule has 1 unspecified atom stereocenters. The maximum absolute atomic E-state index is 9.45. The molecule has 5 N–H and O–H groups in total. The Balaban J connectivity index is 3.21. The van der Waals surface area contributed by atoms with E-state index in [1.165, 1.54) is 0 Å². The number of nitrogens with one attached hydrogen (secondary N) is 2. The molecule has 0 saturated carbocycles. The lowest BCUT2D eigenvalue weighted by atomic mass is 10.0. The van der Waals surface area contributed by atoms with E-state index < -0.39 is 0 Å². The molecule has 0 radical (unpaired) electrons. The second-order valence-electron chi connectivity index (χ2n) is 3.65. The third kappa shape index (κ3) is 7.59. The molecule has 0 heterocycles. The Hall–Kier alpha value is -0.770. The minimum Gasteiger partial charge on any atom is -0.393 e. The van der Waals surface area contributed by atoms with Crippen LogP contribution in [0.1, 0.15) is 33.1 Å². The Morgan fingerprint density at radius 3 is 2.54 bits per heavy atom. The maximum Gasteiger partial charge on any atom is 0.185 e. The molecular weight excluding hydrogens is 166 g/mol. The molecule has 4 heteroatoms. The van der Waals surface area contributed by atoms with Crippen LogP contribution in [0.2, 0.25) is 0 Å². The van der Waals surface area contributed by atoms with Crippen molar-refractivity contribution in [1.82, 2.24) is 5.32 Å². The zero-order chi connectivity index (χ0) is 10.3. The fourth-order valence-corrected chi connectivity index (χ4v) is 1.03. The van der Waals surface area contributed by atoms with E-state index in [4.69, 9.17) is 11.1 Å². The van der Waals surface area contributed by atoms with Crippen LogP contribution in [0.4, 0.5) is 0 Å². The molecule has 1 atom stereocenters. The first-order valence-electron chi connectivity index (χ1n) is 4.80. The van der Waals surface area contributed by atoms with Gasteiger partial charge in [0.15, 0.2) is 5.96 Å². The van der Waals surface area contributed by atoms with Gasteiger partial charge in [0.1, 0.15) is 0 Å². The maximum atomic E-state index is 9.45. The first kappa shape index (κ1) is 12.2. The van der Waals surface area contributed by atoms with Gasteiger partial charge in [0, 0.05) is 6.54 Å². The van der Waals surface area contributed by atoms with Gasteiger partial charge < -0.3 is 16.2 Å². The van der Waals surface area contributed by atoms with E-state index in [2.05, 4.69) is 5.32 Å². The molecule has 0 aromatic rings. The Morgan fingerprint density at radius 1 is 1.46 bits per heavy atom. The second-order valence-corrected chi connectivity index (χ2v) is 3.65. The van der Waals surface area contributed by atoms with Crippen molar-refractivity contribution in [2.24, 2.45) is 11.7 Å². The van der Waals surface area contributed by atoms with Gasteiger partial charge in [-0.05, 0) is 25.2 Å².